The van der Waals surface area contributed by atoms with Gasteiger partial charge in [-0.25, -0.2) is 0 Å². The zero-order valence-corrected chi connectivity index (χ0v) is 17.5. The monoisotopic (exact) mass is 405 g/mol. The van der Waals surface area contributed by atoms with Crippen LogP contribution in [0.2, 0.25) is 0 Å². The third kappa shape index (κ3) is 3.65. The van der Waals surface area contributed by atoms with Gasteiger partial charge in [0.05, 0.1) is 6.26 Å². The van der Waals surface area contributed by atoms with Gasteiger partial charge in [-0.05, 0) is 44.5 Å². The predicted octanol–water partition coefficient (Wildman–Crippen LogP) is 4.11. The maximum atomic E-state index is 13.3. The van der Waals surface area contributed by atoms with E-state index in [1.807, 2.05) is 70.7 Å². The minimum Gasteiger partial charge on any atom is -0.448 e. The molecule has 156 valence electrons. The number of carbonyl (C=O) groups excluding carboxylic acids is 2. The molecule has 4 rings (SSSR count). The third-order valence-corrected chi connectivity index (χ3v) is 5.75. The Morgan fingerprint density at radius 1 is 1.17 bits per heavy atom. The second-order valence-electron chi connectivity index (χ2n) is 7.90. The van der Waals surface area contributed by atoms with Gasteiger partial charge in [0.2, 0.25) is 5.71 Å². The number of aromatic nitrogens is 1. The second kappa shape index (κ2) is 8.22. The molecule has 6 nitrogen and oxygen atoms in total. The van der Waals surface area contributed by atoms with Crippen LogP contribution in [0.25, 0.3) is 11.1 Å². The molecule has 30 heavy (non-hydrogen) atoms. The van der Waals surface area contributed by atoms with Crippen molar-refractivity contribution in [3.63, 3.8) is 0 Å². The molecule has 1 aliphatic rings. The Morgan fingerprint density at radius 3 is 2.63 bits per heavy atom. The molecule has 0 N–H and O–H groups in total. The van der Waals surface area contributed by atoms with Crippen LogP contribution >= 0.6 is 0 Å². The standard InChI is InChI=1S/C24H27N3O3/c1-4-5-11-27-21(15-20-10-14-30-24(20)27)23(29)25-12-13-26(18(3)16-25)22(28)19-8-6-17(2)7-9-19/h4,6-10,14-15,18H,1,5,11-13,16H2,2-3H3/t18-/m0/s1. The third-order valence-electron chi connectivity index (χ3n) is 5.75. The average Bonchev–Trinajstić information content (AvgIpc) is 3.33. The van der Waals surface area contributed by atoms with Crippen molar-refractivity contribution in [1.29, 1.82) is 0 Å². The zero-order valence-electron chi connectivity index (χ0n) is 17.5. The topological polar surface area (TPSA) is 58.7 Å². The largest absolute Gasteiger partial charge is 0.448 e. The van der Waals surface area contributed by atoms with E-state index in [1.165, 1.54) is 0 Å². The van der Waals surface area contributed by atoms with Gasteiger partial charge in [-0.2, -0.15) is 0 Å². The maximum Gasteiger partial charge on any atom is 0.270 e. The summed E-state index contributed by atoms with van der Waals surface area (Å²) < 4.78 is 7.52. The normalized spacial score (nSPS) is 16.8. The molecule has 0 unspecified atom stereocenters. The number of aryl methyl sites for hydroxylation is 2. The SMILES string of the molecule is C=CCCn1c(C(=O)N2CCN(C(=O)c3ccc(C)cc3)[C@@H](C)C2)cc2ccoc21. The molecule has 1 saturated heterocycles. The van der Waals surface area contributed by atoms with Gasteiger partial charge in [0.15, 0.2) is 0 Å². The smallest absolute Gasteiger partial charge is 0.270 e. The molecule has 6 heteroatoms. The Morgan fingerprint density at radius 2 is 1.93 bits per heavy atom. The van der Waals surface area contributed by atoms with Crippen LogP contribution in [0.3, 0.4) is 0 Å². The highest BCUT2D eigenvalue weighted by Crippen LogP contribution is 2.24. The summed E-state index contributed by atoms with van der Waals surface area (Å²) >= 11 is 0. The number of allylic oxidation sites excluding steroid dienone is 1. The van der Waals surface area contributed by atoms with Crippen molar-refractivity contribution in [3.05, 3.63) is 72.1 Å². The fourth-order valence-electron chi connectivity index (χ4n) is 4.06. The van der Waals surface area contributed by atoms with E-state index in [0.717, 1.165) is 17.4 Å². The summed E-state index contributed by atoms with van der Waals surface area (Å²) in [4.78, 5) is 29.9. The van der Waals surface area contributed by atoms with E-state index < -0.39 is 0 Å². The molecule has 2 aromatic heterocycles. The molecule has 3 aromatic rings. The van der Waals surface area contributed by atoms with Gasteiger partial charge in [-0.15, -0.1) is 6.58 Å². The zero-order chi connectivity index (χ0) is 21.3. The first-order valence-corrected chi connectivity index (χ1v) is 10.3. The van der Waals surface area contributed by atoms with E-state index >= 15 is 0 Å². The van der Waals surface area contributed by atoms with Crippen molar-refractivity contribution in [2.24, 2.45) is 0 Å². The molecule has 0 saturated carbocycles. The van der Waals surface area contributed by atoms with E-state index in [1.54, 1.807) is 6.26 Å². The number of nitrogens with zero attached hydrogens (tertiary/aromatic N) is 3. The van der Waals surface area contributed by atoms with E-state index in [4.69, 9.17) is 4.42 Å². The molecule has 1 atom stereocenters. The molecular weight excluding hydrogens is 378 g/mol. The van der Waals surface area contributed by atoms with Crippen LogP contribution < -0.4 is 0 Å². The number of benzene rings is 1. The van der Waals surface area contributed by atoms with Crippen LogP contribution in [0, 0.1) is 6.92 Å². The lowest BCUT2D eigenvalue weighted by molar-refractivity contribution is 0.0409. The van der Waals surface area contributed by atoms with E-state index in [9.17, 15) is 9.59 Å². The summed E-state index contributed by atoms with van der Waals surface area (Å²) in [7, 11) is 0. The van der Waals surface area contributed by atoms with Gasteiger partial charge in [0.25, 0.3) is 11.8 Å². The van der Waals surface area contributed by atoms with Gasteiger partial charge >= 0.3 is 0 Å². The molecule has 0 aliphatic carbocycles. The lowest BCUT2D eigenvalue weighted by Gasteiger charge is -2.40. The number of hydrogen-bond acceptors (Lipinski definition) is 3. The molecule has 1 aromatic carbocycles. The van der Waals surface area contributed by atoms with Crippen molar-refractivity contribution >= 4 is 22.9 Å². The number of rotatable bonds is 5. The average molecular weight is 405 g/mol. The van der Waals surface area contributed by atoms with Crippen molar-refractivity contribution in [3.8, 4) is 0 Å². The summed E-state index contributed by atoms with van der Waals surface area (Å²) in [6.07, 6.45) is 4.22. The summed E-state index contributed by atoms with van der Waals surface area (Å²) in [6, 6.07) is 11.3. The first-order valence-electron chi connectivity index (χ1n) is 10.3. The minimum absolute atomic E-state index is 0.0153. The fourth-order valence-corrected chi connectivity index (χ4v) is 4.06. The van der Waals surface area contributed by atoms with E-state index in [-0.39, 0.29) is 17.9 Å². The Balaban J connectivity index is 1.50. The van der Waals surface area contributed by atoms with Crippen molar-refractivity contribution in [2.45, 2.75) is 32.9 Å². The van der Waals surface area contributed by atoms with E-state index in [0.29, 0.717) is 43.1 Å². The van der Waals surface area contributed by atoms with Crippen LogP contribution in [0.4, 0.5) is 0 Å². The second-order valence-corrected chi connectivity index (χ2v) is 7.90. The number of piperazine rings is 1. The Kier molecular flexibility index (Phi) is 5.48. The molecule has 2 amide bonds. The highest BCUT2D eigenvalue weighted by Gasteiger charge is 2.32. The lowest BCUT2D eigenvalue weighted by atomic mass is 10.1. The Hall–Kier alpha value is -3.28. The fraction of sp³-hybridized carbons (Fsp3) is 0.333. The molecule has 0 bridgehead atoms. The first-order chi connectivity index (χ1) is 14.5. The quantitative estimate of drug-likeness (QED) is 0.601. The van der Waals surface area contributed by atoms with Crippen LogP contribution in [-0.4, -0.2) is 51.9 Å². The van der Waals surface area contributed by atoms with Gasteiger partial charge in [0, 0.05) is 43.2 Å². The van der Waals surface area contributed by atoms with Crippen molar-refractivity contribution in [1.82, 2.24) is 14.4 Å². The highest BCUT2D eigenvalue weighted by molar-refractivity contribution is 5.98. The molecule has 0 radical (unpaired) electrons. The summed E-state index contributed by atoms with van der Waals surface area (Å²) in [5.41, 5.74) is 3.14. The molecular formula is C24H27N3O3. The molecule has 1 aliphatic heterocycles. The van der Waals surface area contributed by atoms with Crippen LogP contribution in [-0.2, 0) is 6.54 Å². The predicted molar refractivity (Wildman–Crippen MR) is 117 cm³/mol. The minimum atomic E-state index is -0.0592. The van der Waals surface area contributed by atoms with Crippen LogP contribution in [0.15, 0.2) is 59.7 Å². The van der Waals surface area contributed by atoms with Crippen LogP contribution in [0.5, 0.6) is 0 Å². The molecule has 3 heterocycles. The maximum absolute atomic E-state index is 13.3. The van der Waals surface area contributed by atoms with Crippen molar-refractivity contribution < 1.29 is 14.0 Å². The van der Waals surface area contributed by atoms with Gasteiger partial charge in [-0.3, -0.25) is 9.59 Å². The number of furan rings is 1. The van der Waals surface area contributed by atoms with Crippen LogP contribution in [0.1, 0.15) is 39.8 Å². The number of amides is 2. The summed E-state index contributed by atoms with van der Waals surface area (Å²) in [5, 5.41) is 0.920. The van der Waals surface area contributed by atoms with E-state index in [2.05, 4.69) is 6.58 Å². The number of fused-ring (bicyclic) bond motifs is 1. The van der Waals surface area contributed by atoms with Gasteiger partial charge in [-0.1, -0.05) is 23.8 Å². The highest BCUT2D eigenvalue weighted by atomic mass is 16.3. The number of hydrogen-bond donors (Lipinski definition) is 0. The van der Waals surface area contributed by atoms with Gasteiger partial charge in [0.1, 0.15) is 5.69 Å². The summed E-state index contributed by atoms with van der Waals surface area (Å²) in [5.74, 6) is -0.0128. The van der Waals surface area contributed by atoms with Crippen molar-refractivity contribution in [2.75, 3.05) is 19.6 Å². The Bertz CT molecular complexity index is 1080. The number of carbonyl (C=O) groups is 2. The lowest BCUT2D eigenvalue weighted by Crippen LogP contribution is -2.55. The van der Waals surface area contributed by atoms with Gasteiger partial charge < -0.3 is 18.8 Å². The first kappa shape index (κ1) is 20.0. The Labute approximate surface area is 176 Å². The molecule has 1 fully saturated rings. The summed E-state index contributed by atoms with van der Waals surface area (Å²) in [6.45, 7) is 9.95. The molecule has 0 spiro atoms.